The van der Waals surface area contributed by atoms with Gasteiger partial charge in [-0.15, -0.1) is 22.6 Å². The van der Waals surface area contributed by atoms with Gasteiger partial charge in [0, 0.05) is 12.0 Å². The third-order valence-corrected chi connectivity index (χ3v) is 4.09. The van der Waals surface area contributed by atoms with E-state index in [1.54, 1.807) is 0 Å². The molecule has 0 unspecified atom stereocenters. The van der Waals surface area contributed by atoms with E-state index in [9.17, 15) is 23.1 Å². The summed E-state index contributed by atoms with van der Waals surface area (Å²) < 4.78 is 43.4. The van der Waals surface area contributed by atoms with Gasteiger partial charge in [-0.2, -0.15) is 13.2 Å². The fourth-order valence-electron chi connectivity index (χ4n) is 2.52. The summed E-state index contributed by atoms with van der Waals surface area (Å²) in [6.45, 7) is 0. The molecule has 25 heavy (non-hydrogen) atoms. The van der Waals surface area contributed by atoms with Crippen LogP contribution in [0.4, 0.5) is 13.2 Å². The minimum atomic E-state index is -4.56. The summed E-state index contributed by atoms with van der Waals surface area (Å²) in [5.41, 5.74) is -1.78. The van der Waals surface area contributed by atoms with Crippen LogP contribution in [-0.2, 0) is 21.6 Å². The van der Waals surface area contributed by atoms with E-state index in [1.807, 2.05) is 0 Å². The van der Waals surface area contributed by atoms with Crippen LogP contribution in [0.2, 0.25) is 0 Å². The Morgan fingerprint density at radius 3 is 2.40 bits per heavy atom. The zero-order valence-corrected chi connectivity index (χ0v) is 13.5. The molecule has 1 N–H and O–H groups in total. The van der Waals surface area contributed by atoms with E-state index in [-0.39, 0.29) is 18.4 Å². The number of hydrogen-bond donors (Lipinski definition) is 1. The van der Waals surface area contributed by atoms with Crippen molar-refractivity contribution in [1.29, 1.82) is 0 Å². The highest BCUT2D eigenvalue weighted by molar-refractivity contribution is 5.73. The molecule has 2 atom stereocenters. The molecule has 0 fully saturated rings. The molecule has 0 bridgehead atoms. The molecule has 1 aromatic carbocycles. The number of carbonyl (C=O) groups is 1. The summed E-state index contributed by atoms with van der Waals surface area (Å²) in [6.07, 6.45) is 0.259. The standard InChI is InChI=1S/C17H17F3N2O3/c1-3-4-13(15(24)25-2)14(23)10-7-11-5-8-12(9-6-11)16(21-22-16)17(18,19)20/h1,5-6,8-9,13-14,23H,4,7,10H2,2H3/t13-,14-/m1/s1. The topological polar surface area (TPSA) is 71.2 Å². The van der Waals surface area contributed by atoms with Gasteiger partial charge in [-0.05, 0) is 18.4 Å². The second kappa shape index (κ2) is 7.23. The molecular formula is C17H17F3N2O3. The Morgan fingerprint density at radius 2 is 1.96 bits per heavy atom. The number of terminal acetylenes is 1. The number of halogens is 3. The van der Waals surface area contributed by atoms with Crippen LogP contribution in [0.3, 0.4) is 0 Å². The smallest absolute Gasteiger partial charge is 0.442 e. The van der Waals surface area contributed by atoms with Crippen molar-refractivity contribution < 1.29 is 27.8 Å². The quantitative estimate of drug-likeness (QED) is 0.604. The lowest BCUT2D eigenvalue weighted by Crippen LogP contribution is -2.30. The molecule has 0 radical (unpaired) electrons. The molecule has 1 aliphatic rings. The van der Waals surface area contributed by atoms with Crippen LogP contribution < -0.4 is 0 Å². The Hall–Kier alpha value is -2.40. The number of hydrogen-bond acceptors (Lipinski definition) is 5. The molecule has 2 rings (SSSR count). The number of aliphatic hydroxyl groups is 1. The summed E-state index contributed by atoms with van der Waals surface area (Å²) in [6, 6.07) is 5.67. The van der Waals surface area contributed by atoms with Crippen molar-refractivity contribution in [3.8, 4) is 12.3 Å². The van der Waals surface area contributed by atoms with Gasteiger partial charge in [0.25, 0.3) is 0 Å². The molecule has 0 amide bonds. The first-order valence-electron chi connectivity index (χ1n) is 7.54. The highest BCUT2D eigenvalue weighted by atomic mass is 19.4. The minimum Gasteiger partial charge on any atom is -0.469 e. The Balaban J connectivity index is 1.98. The predicted octanol–water partition coefficient (Wildman–Crippen LogP) is 2.97. The first-order chi connectivity index (χ1) is 11.7. The Labute approximate surface area is 142 Å². The van der Waals surface area contributed by atoms with E-state index in [2.05, 4.69) is 20.9 Å². The summed E-state index contributed by atoms with van der Waals surface area (Å²) in [5, 5.41) is 16.4. The SMILES string of the molecule is C#CC[C@@H](C(=O)OC)[C@H](O)CCc1ccc(C2(C(F)(F)F)N=N2)cc1. The molecule has 1 aromatic rings. The lowest BCUT2D eigenvalue weighted by Gasteiger charge is -2.19. The normalized spacial score (nSPS) is 17.4. The molecule has 0 aliphatic carbocycles. The number of ether oxygens (including phenoxy) is 1. The fraction of sp³-hybridized carbons (Fsp3) is 0.471. The zero-order chi connectivity index (χ0) is 18.7. The number of nitrogens with zero attached hydrogens (tertiary/aromatic N) is 2. The number of alkyl halides is 3. The van der Waals surface area contributed by atoms with Crippen molar-refractivity contribution in [1.82, 2.24) is 0 Å². The second-order valence-corrected chi connectivity index (χ2v) is 5.71. The molecular weight excluding hydrogens is 337 g/mol. The summed E-state index contributed by atoms with van der Waals surface area (Å²) >= 11 is 0. The third-order valence-electron chi connectivity index (χ3n) is 4.09. The average molecular weight is 354 g/mol. The van der Waals surface area contributed by atoms with E-state index in [0.29, 0.717) is 12.0 Å². The lowest BCUT2D eigenvalue weighted by molar-refractivity contribution is -0.166. The first kappa shape index (κ1) is 18.9. The van der Waals surface area contributed by atoms with Gasteiger partial charge in [-0.25, -0.2) is 0 Å². The van der Waals surface area contributed by atoms with Gasteiger partial charge in [0.15, 0.2) is 0 Å². The van der Waals surface area contributed by atoms with Crippen molar-refractivity contribution in [3.05, 3.63) is 35.4 Å². The Kier molecular flexibility index (Phi) is 5.48. The van der Waals surface area contributed by atoms with Crippen LogP contribution in [-0.4, -0.2) is 30.5 Å². The van der Waals surface area contributed by atoms with E-state index >= 15 is 0 Å². The predicted molar refractivity (Wildman–Crippen MR) is 82.3 cm³/mol. The number of aryl methyl sites for hydroxylation is 1. The summed E-state index contributed by atoms with van der Waals surface area (Å²) in [5.74, 6) is 0.899. The summed E-state index contributed by atoms with van der Waals surface area (Å²) in [7, 11) is 1.21. The van der Waals surface area contributed by atoms with Gasteiger partial charge in [0.2, 0.25) is 0 Å². The fourth-order valence-corrected chi connectivity index (χ4v) is 2.52. The molecule has 8 heteroatoms. The average Bonchev–Trinajstić information content (AvgIpc) is 3.39. The second-order valence-electron chi connectivity index (χ2n) is 5.71. The van der Waals surface area contributed by atoms with Gasteiger partial charge < -0.3 is 9.84 Å². The third kappa shape index (κ3) is 3.99. The van der Waals surface area contributed by atoms with Gasteiger partial charge >= 0.3 is 17.8 Å². The van der Waals surface area contributed by atoms with E-state index in [1.165, 1.54) is 31.4 Å². The number of benzene rings is 1. The number of aliphatic hydroxyl groups excluding tert-OH is 1. The van der Waals surface area contributed by atoms with E-state index in [0.717, 1.165) is 0 Å². The van der Waals surface area contributed by atoms with Gasteiger partial charge in [0.1, 0.15) is 0 Å². The Morgan fingerprint density at radius 1 is 1.36 bits per heavy atom. The van der Waals surface area contributed by atoms with Crippen molar-refractivity contribution >= 4 is 5.97 Å². The van der Waals surface area contributed by atoms with Gasteiger partial charge in [-0.3, -0.25) is 4.79 Å². The van der Waals surface area contributed by atoms with Crippen molar-refractivity contribution in [3.63, 3.8) is 0 Å². The van der Waals surface area contributed by atoms with Crippen molar-refractivity contribution in [2.24, 2.45) is 16.1 Å². The zero-order valence-electron chi connectivity index (χ0n) is 13.5. The number of methoxy groups -OCH3 is 1. The number of esters is 1. The molecule has 0 saturated heterocycles. The summed E-state index contributed by atoms with van der Waals surface area (Å²) in [4.78, 5) is 11.6. The van der Waals surface area contributed by atoms with Crippen LogP contribution >= 0.6 is 0 Å². The lowest BCUT2D eigenvalue weighted by atomic mass is 9.93. The molecule has 134 valence electrons. The largest absolute Gasteiger partial charge is 0.469 e. The van der Waals surface area contributed by atoms with Crippen LogP contribution in [0.15, 0.2) is 34.5 Å². The minimum absolute atomic E-state index is 0.0455. The number of carbonyl (C=O) groups excluding carboxylic acids is 1. The van der Waals surface area contributed by atoms with Crippen molar-refractivity contribution in [2.75, 3.05) is 7.11 Å². The molecule has 0 saturated carbocycles. The molecule has 1 aliphatic heterocycles. The maximum absolute atomic E-state index is 12.9. The monoisotopic (exact) mass is 354 g/mol. The molecule has 5 nitrogen and oxygen atoms in total. The molecule has 0 spiro atoms. The maximum Gasteiger partial charge on any atom is 0.442 e. The van der Waals surface area contributed by atoms with Crippen LogP contribution in [0.25, 0.3) is 0 Å². The van der Waals surface area contributed by atoms with E-state index in [4.69, 9.17) is 6.42 Å². The molecule has 1 heterocycles. The van der Waals surface area contributed by atoms with E-state index < -0.39 is 29.8 Å². The number of rotatable bonds is 7. The maximum atomic E-state index is 12.9. The first-order valence-corrected chi connectivity index (χ1v) is 7.54. The van der Waals surface area contributed by atoms with Crippen LogP contribution in [0.5, 0.6) is 0 Å². The Bertz CT molecular complexity index is 687. The van der Waals surface area contributed by atoms with Gasteiger partial charge in [0.05, 0.1) is 19.1 Å². The highest BCUT2D eigenvalue weighted by Crippen LogP contribution is 2.52. The van der Waals surface area contributed by atoms with Crippen molar-refractivity contribution in [2.45, 2.75) is 37.2 Å². The highest BCUT2D eigenvalue weighted by Gasteiger charge is 2.65. The van der Waals surface area contributed by atoms with Gasteiger partial charge in [-0.1, -0.05) is 24.3 Å². The molecule has 0 aromatic heterocycles. The van der Waals surface area contributed by atoms with Crippen LogP contribution in [0.1, 0.15) is 24.0 Å². The van der Waals surface area contributed by atoms with Crippen LogP contribution in [0, 0.1) is 18.3 Å².